The van der Waals surface area contributed by atoms with Gasteiger partial charge in [-0.15, -0.1) is 0 Å². The molecule has 1 aromatic rings. The molecule has 1 aromatic carbocycles. The summed E-state index contributed by atoms with van der Waals surface area (Å²) in [7, 11) is 0. The molecule has 4 nitrogen and oxygen atoms in total. The Morgan fingerprint density at radius 3 is 2.59 bits per heavy atom. The summed E-state index contributed by atoms with van der Waals surface area (Å²) in [6.45, 7) is 4.05. The van der Waals surface area contributed by atoms with Crippen molar-refractivity contribution in [2.24, 2.45) is 5.92 Å². The maximum Gasteiger partial charge on any atom is 0.315 e. The minimum Gasteiger partial charge on any atom is -0.387 e. The third-order valence-electron chi connectivity index (χ3n) is 3.90. The molecule has 1 saturated carbocycles. The van der Waals surface area contributed by atoms with E-state index in [4.69, 9.17) is 0 Å². The van der Waals surface area contributed by atoms with Crippen molar-refractivity contribution in [2.45, 2.75) is 38.3 Å². The summed E-state index contributed by atoms with van der Waals surface area (Å²) in [4.78, 5) is 12.1. The molecule has 0 heterocycles. The highest BCUT2D eigenvalue weighted by Gasteiger charge is 2.33. The number of thioether (sulfide) groups is 1. The first kappa shape index (κ1) is 17.2. The van der Waals surface area contributed by atoms with Gasteiger partial charge in [-0.1, -0.05) is 29.8 Å². The number of carbonyl (C=O) groups is 1. The van der Waals surface area contributed by atoms with Gasteiger partial charge in [-0.05, 0) is 44.4 Å². The highest BCUT2D eigenvalue weighted by molar-refractivity contribution is 7.98. The number of hydrogen-bond acceptors (Lipinski definition) is 3. The van der Waals surface area contributed by atoms with Crippen LogP contribution in [0.3, 0.4) is 0 Å². The van der Waals surface area contributed by atoms with Crippen LogP contribution >= 0.6 is 11.8 Å². The van der Waals surface area contributed by atoms with Crippen molar-refractivity contribution in [1.82, 2.24) is 10.6 Å². The van der Waals surface area contributed by atoms with E-state index in [9.17, 15) is 9.90 Å². The Morgan fingerprint density at radius 2 is 2.05 bits per heavy atom. The molecule has 1 fully saturated rings. The van der Waals surface area contributed by atoms with E-state index in [2.05, 4.69) is 41.8 Å². The third-order valence-corrected chi connectivity index (χ3v) is 4.81. The molecule has 1 aliphatic rings. The lowest BCUT2D eigenvalue weighted by molar-refractivity contribution is 0.0867. The fourth-order valence-corrected chi connectivity index (χ4v) is 3.23. The first-order chi connectivity index (χ1) is 10.4. The van der Waals surface area contributed by atoms with Crippen LogP contribution < -0.4 is 10.6 Å². The molecule has 0 aliphatic heterocycles. The molecule has 0 radical (unpaired) electrons. The van der Waals surface area contributed by atoms with E-state index >= 15 is 0 Å². The number of urea groups is 1. The van der Waals surface area contributed by atoms with Crippen molar-refractivity contribution in [1.29, 1.82) is 0 Å². The summed E-state index contributed by atoms with van der Waals surface area (Å²) in [6, 6.07) is 8.18. The van der Waals surface area contributed by atoms with Crippen LogP contribution in [0.5, 0.6) is 0 Å². The van der Waals surface area contributed by atoms with Gasteiger partial charge < -0.3 is 15.7 Å². The highest BCUT2D eigenvalue weighted by Crippen LogP contribution is 2.40. The zero-order chi connectivity index (χ0) is 16.2. The molecule has 0 bridgehead atoms. The minimum absolute atomic E-state index is 0.0612. The fourth-order valence-electron chi connectivity index (χ4n) is 2.50. The normalized spacial score (nSPS) is 18.4. The first-order valence-electron chi connectivity index (χ1n) is 7.73. The number of rotatable bonds is 7. The van der Waals surface area contributed by atoms with Crippen molar-refractivity contribution in [2.75, 3.05) is 18.6 Å². The topological polar surface area (TPSA) is 61.4 Å². The van der Waals surface area contributed by atoms with Gasteiger partial charge in [0.15, 0.2) is 0 Å². The Hall–Kier alpha value is -1.20. The van der Waals surface area contributed by atoms with Gasteiger partial charge in [-0.3, -0.25) is 0 Å². The van der Waals surface area contributed by atoms with Crippen LogP contribution in [0.4, 0.5) is 4.79 Å². The Bertz CT molecular complexity index is 498. The van der Waals surface area contributed by atoms with E-state index < -0.39 is 5.60 Å². The van der Waals surface area contributed by atoms with Crippen LogP contribution in [0.25, 0.3) is 0 Å². The minimum atomic E-state index is -0.879. The van der Waals surface area contributed by atoms with E-state index in [0.717, 1.165) is 18.4 Å². The van der Waals surface area contributed by atoms with Gasteiger partial charge in [-0.2, -0.15) is 11.8 Å². The predicted molar refractivity (Wildman–Crippen MR) is 92.2 cm³/mol. The van der Waals surface area contributed by atoms with Crippen LogP contribution in [0.15, 0.2) is 24.3 Å². The molecule has 0 aromatic heterocycles. The van der Waals surface area contributed by atoms with Gasteiger partial charge in [0.2, 0.25) is 0 Å². The first-order valence-corrected chi connectivity index (χ1v) is 9.13. The van der Waals surface area contributed by atoms with Crippen molar-refractivity contribution in [3.8, 4) is 0 Å². The molecule has 3 N–H and O–H groups in total. The Balaban J connectivity index is 1.91. The fraction of sp³-hybridized carbons (Fsp3) is 0.588. The molecule has 2 rings (SSSR count). The summed E-state index contributed by atoms with van der Waals surface area (Å²) < 4.78 is 0. The third kappa shape index (κ3) is 5.21. The SMILES string of the molecule is CSCC(C)(O)CNC(=O)NC(c1ccc(C)cc1)C1CC1. The second-order valence-corrected chi connectivity index (χ2v) is 7.35. The van der Waals surface area contributed by atoms with Crippen molar-refractivity contribution < 1.29 is 9.90 Å². The Morgan fingerprint density at radius 1 is 1.41 bits per heavy atom. The molecular weight excluding hydrogens is 296 g/mol. The number of aliphatic hydroxyl groups is 1. The maximum absolute atomic E-state index is 12.1. The van der Waals surface area contributed by atoms with Gasteiger partial charge in [0.05, 0.1) is 11.6 Å². The molecule has 0 spiro atoms. The summed E-state index contributed by atoms with van der Waals surface area (Å²) in [5, 5.41) is 16.0. The molecule has 122 valence electrons. The molecule has 2 amide bonds. The standard InChI is InChI=1S/C17H26N2O2S/c1-12-4-6-13(7-5-12)15(14-8-9-14)19-16(20)18-10-17(2,21)11-22-3/h4-7,14-15,21H,8-11H2,1-3H3,(H2,18,19,20). The number of amides is 2. The van der Waals surface area contributed by atoms with Crippen molar-refractivity contribution in [3.05, 3.63) is 35.4 Å². The Labute approximate surface area is 137 Å². The second-order valence-electron chi connectivity index (χ2n) is 6.48. The maximum atomic E-state index is 12.1. The lowest BCUT2D eigenvalue weighted by Gasteiger charge is -2.24. The number of hydrogen-bond donors (Lipinski definition) is 3. The monoisotopic (exact) mass is 322 g/mol. The van der Waals surface area contributed by atoms with Gasteiger partial charge in [0.25, 0.3) is 0 Å². The molecule has 2 unspecified atom stereocenters. The summed E-state index contributed by atoms with van der Waals surface area (Å²) in [6.07, 6.45) is 4.25. The van der Waals surface area contributed by atoms with E-state index in [-0.39, 0.29) is 18.6 Å². The number of carbonyl (C=O) groups excluding carboxylic acids is 1. The smallest absolute Gasteiger partial charge is 0.315 e. The van der Waals surface area contributed by atoms with Crippen molar-refractivity contribution in [3.63, 3.8) is 0 Å². The highest BCUT2D eigenvalue weighted by atomic mass is 32.2. The Kier molecular flexibility index (Phi) is 5.75. The number of benzene rings is 1. The van der Waals surface area contributed by atoms with Crippen molar-refractivity contribution >= 4 is 17.8 Å². The summed E-state index contributed by atoms with van der Waals surface area (Å²) in [5.41, 5.74) is 1.49. The molecule has 2 atom stereocenters. The van der Waals surface area contributed by atoms with Gasteiger partial charge in [0.1, 0.15) is 0 Å². The zero-order valence-corrected chi connectivity index (χ0v) is 14.4. The predicted octanol–water partition coefficient (Wildman–Crippen LogP) is 2.86. The van der Waals surface area contributed by atoms with Crippen LogP contribution in [0, 0.1) is 12.8 Å². The van der Waals surface area contributed by atoms with Crippen LogP contribution in [-0.2, 0) is 0 Å². The molecule has 1 aliphatic carbocycles. The van der Waals surface area contributed by atoms with Crippen LogP contribution in [0.2, 0.25) is 0 Å². The lowest BCUT2D eigenvalue weighted by Crippen LogP contribution is -2.47. The van der Waals surface area contributed by atoms with E-state index in [0.29, 0.717) is 11.7 Å². The number of nitrogens with one attached hydrogen (secondary N) is 2. The molecule has 5 heteroatoms. The average Bonchev–Trinajstić information content (AvgIpc) is 3.28. The van der Waals surface area contributed by atoms with Gasteiger partial charge in [-0.25, -0.2) is 4.79 Å². The van der Waals surface area contributed by atoms with E-state index in [1.165, 1.54) is 5.56 Å². The average molecular weight is 322 g/mol. The van der Waals surface area contributed by atoms with Crippen LogP contribution in [0.1, 0.15) is 36.9 Å². The second kappa shape index (κ2) is 7.38. The summed E-state index contributed by atoms with van der Waals surface area (Å²) in [5.74, 6) is 1.12. The molecule has 22 heavy (non-hydrogen) atoms. The molecular formula is C17H26N2O2S. The number of aryl methyl sites for hydroxylation is 1. The van der Waals surface area contributed by atoms with Gasteiger partial charge in [0, 0.05) is 12.3 Å². The van der Waals surface area contributed by atoms with E-state index in [1.807, 2.05) is 6.26 Å². The zero-order valence-electron chi connectivity index (χ0n) is 13.6. The molecule has 0 saturated heterocycles. The largest absolute Gasteiger partial charge is 0.387 e. The van der Waals surface area contributed by atoms with E-state index in [1.54, 1.807) is 18.7 Å². The van der Waals surface area contributed by atoms with Crippen LogP contribution in [-0.4, -0.2) is 35.3 Å². The summed E-state index contributed by atoms with van der Waals surface area (Å²) >= 11 is 1.57. The quantitative estimate of drug-likeness (QED) is 0.723. The van der Waals surface area contributed by atoms with Gasteiger partial charge >= 0.3 is 6.03 Å². The lowest BCUT2D eigenvalue weighted by atomic mass is 10.0.